The Bertz CT molecular complexity index is 1150. The summed E-state index contributed by atoms with van der Waals surface area (Å²) < 4.78 is 8.03. The quantitative estimate of drug-likeness (QED) is 0.574. The molecule has 0 aliphatic carbocycles. The number of hydrogen-bond donors (Lipinski definition) is 1. The van der Waals surface area contributed by atoms with Gasteiger partial charge >= 0.3 is 0 Å². The summed E-state index contributed by atoms with van der Waals surface area (Å²) in [5.74, 6) is 2.12. The highest BCUT2D eigenvalue weighted by Crippen LogP contribution is 2.42. The van der Waals surface area contributed by atoms with Crippen LogP contribution in [0.5, 0.6) is 5.75 Å². The number of thiazole rings is 1. The van der Waals surface area contributed by atoms with E-state index in [-0.39, 0.29) is 6.04 Å². The minimum absolute atomic E-state index is 0.222. The summed E-state index contributed by atoms with van der Waals surface area (Å²) >= 11 is 1.67. The Morgan fingerprint density at radius 3 is 2.94 bits per heavy atom. The first kappa shape index (κ1) is 21.2. The van der Waals surface area contributed by atoms with Crippen LogP contribution in [0.2, 0.25) is 0 Å². The van der Waals surface area contributed by atoms with Crippen LogP contribution in [-0.4, -0.2) is 62.7 Å². The van der Waals surface area contributed by atoms with Gasteiger partial charge in [-0.1, -0.05) is 6.07 Å². The third kappa shape index (κ3) is 3.85. The number of carbonyl (C=O) groups excluding carboxylic acids is 1. The van der Waals surface area contributed by atoms with E-state index in [1.165, 1.54) is 10.4 Å². The maximum atomic E-state index is 11.1. The van der Waals surface area contributed by atoms with Crippen LogP contribution in [0.4, 0.5) is 0 Å². The van der Waals surface area contributed by atoms with Crippen LogP contribution in [-0.2, 0) is 11.2 Å². The number of fused-ring (bicyclic) bond motifs is 3. The van der Waals surface area contributed by atoms with Gasteiger partial charge < -0.3 is 15.3 Å². The first-order valence-electron chi connectivity index (χ1n) is 11.0. The molecule has 0 amide bonds. The molecule has 2 N–H and O–H groups in total. The molecule has 5 rings (SSSR count). The van der Waals surface area contributed by atoms with Gasteiger partial charge in [-0.25, -0.2) is 14.6 Å². The Balaban J connectivity index is 1.39. The number of ether oxygens (including phenoxy) is 1. The fourth-order valence-electron chi connectivity index (χ4n) is 4.40. The molecule has 2 aliphatic heterocycles. The second kappa shape index (κ2) is 8.06. The average molecular weight is 453 g/mol. The van der Waals surface area contributed by atoms with Crippen LogP contribution in [0.1, 0.15) is 43.2 Å². The zero-order chi connectivity index (χ0) is 22.5. The lowest BCUT2D eigenvalue weighted by molar-refractivity contribution is -0.112. The monoisotopic (exact) mass is 452 g/mol. The molecule has 1 fully saturated rings. The van der Waals surface area contributed by atoms with Gasteiger partial charge in [0.1, 0.15) is 18.4 Å². The van der Waals surface area contributed by atoms with Crippen LogP contribution >= 0.6 is 11.3 Å². The molecule has 2 aromatic heterocycles. The Kier molecular flexibility index (Phi) is 5.35. The largest absolute Gasteiger partial charge is 0.492 e. The lowest BCUT2D eigenvalue weighted by Crippen LogP contribution is -2.55. The van der Waals surface area contributed by atoms with Crippen molar-refractivity contribution in [3.8, 4) is 27.8 Å². The van der Waals surface area contributed by atoms with Gasteiger partial charge in [-0.3, -0.25) is 4.90 Å². The van der Waals surface area contributed by atoms with E-state index in [9.17, 15) is 4.79 Å². The van der Waals surface area contributed by atoms with E-state index in [2.05, 4.69) is 47.0 Å². The number of carbonyl (C=O) groups is 1. The maximum absolute atomic E-state index is 11.1. The van der Waals surface area contributed by atoms with Gasteiger partial charge in [0.2, 0.25) is 0 Å². The summed E-state index contributed by atoms with van der Waals surface area (Å²) in [6, 6.07) is 6.69. The fourth-order valence-corrected chi connectivity index (χ4v) is 5.44. The number of aldehydes is 1. The van der Waals surface area contributed by atoms with Crippen molar-refractivity contribution in [2.75, 3.05) is 26.2 Å². The Morgan fingerprint density at radius 2 is 2.19 bits per heavy atom. The predicted octanol–water partition coefficient (Wildman–Crippen LogP) is 2.90. The van der Waals surface area contributed by atoms with Crippen molar-refractivity contribution < 1.29 is 9.53 Å². The first-order chi connectivity index (χ1) is 15.3. The molecule has 4 heterocycles. The van der Waals surface area contributed by atoms with Crippen LogP contribution in [0, 0.1) is 0 Å². The molecule has 2 aliphatic rings. The lowest BCUT2D eigenvalue weighted by Gasteiger charge is -2.42. The zero-order valence-corrected chi connectivity index (χ0v) is 19.4. The molecular formula is C23H28N6O2S. The van der Waals surface area contributed by atoms with E-state index in [1.54, 1.807) is 24.6 Å². The van der Waals surface area contributed by atoms with Crippen LogP contribution in [0.15, 0.2) is 24.5 Å². The summed E-state index contributed by atoms with van der Waals surface area (Å²) in [5, 5.41) is 5.25. The number of nitrogens with zero attached hydrogens (tertiary/aromatic N) is 5. The summed E-state index contributed by atoms with van der Waals surface area (Å²) in [6.45, 7) is 8.97. The fraction of sp³-hybridized carbons (Fsp3) is 0.478. The van der Waals surface area contributed by atoms with Crippen LogP contribution in [0.3, 0.4) is 0 Å². The van der Waals surface area contributed by atoms with Gasteiger partial charge in [0, 0.05) is 48.5 Å². The van der Waals surface area contributed by atoms with E-state index < -0.39 is 5.54 Å². The second-order valence-corrected chi connectivity index (χ2v) is 10.4. The van der Waals surface area contributed by atoms with Gasteiger partial charge in [-0.15, -0.1) is 11.3 Å². The maximum Gasteiger partial charge on any atom is 0.187 e. The van der Waals surface area contributed by atoms with Crippen LogP contribution < -0.4 is 10.5 Å². The molecule has 1 saturated heterocycles. The van der Waals surface area contributed by atoms with Gasteiger partial charge in [-0.2, -0.15) is 5.10 Å². The van der Waals surface area contributed by atoms with Crippen molar-refractivity contribution in [2.45, 2.75) is 44.7 Å². The molecule has 1 unspecified atom stereocenters. The molecule has 1 aromatic carbocycles. The molecule has 9 heteroatoms. The first-order valence-corrected chi connectivity index (χ1v) is 11.8. The van der Waals surface area contributed by atoms with E-state index in [1.807, 2.05) is 4.68 Å². The summed E-state index contributed by atoms with van der Waals surface area (Å²) in [7, 11) is 0. The van der Waals surface area contributed by atoms with E-state index in [0.29, 0.717) is 19.1 Å². The summed E-state index contributed by atoms with van der Waals surface area (Å²) in [4.78, 5) is 24.0. The van der Waals surface area contributed by atoms with Crippen molar-refractivity contribution in [3.63, 3.8) is 0 Å². The number of likely N-dealkylation sites (tertiary alicyclic amines) is 1. The molecule has 0 saturated carbocycles. The molecular weight excluding hydrogens is 424 g/mol. The molecule has 3 aromatic rings. The average Bonchev–Trinajstić information content (AvgIpc) is 3.34. The topological polar surface area (TPSA) is 99.2 Å². The number of benzene rings is 1. The molecule has 32 heavy (non-hydrogen) atoms. The van der Waals surface area contributed by atoms with Crippen LogP contribution in [0.25, 0.3) is 22.1 Å². The lowest BCUT2D eigenvalue weighted by atomic mass is 9.88. The zero-order valence-electron chi connectivity index (χ0n) is 18.6. The van der Waals surface area contributed by atoms with E-state index in [4.69, 9.17) is 15.5 Å². The molecule has 1 atom stereocenters. The molecule has 0 radical (unpaired) electrons. The predicted molar refractivity (Wildman–Crippen MR) is 124 cm³/mol. The Hall–Kier alpha value is -2.62. The second-order valence-electron chi connectivity index (χ2n) is 9.28. The van der Waals surface area contributed by atoms with Gasteiger partial charge in [0.05, 0.1) is 17.8 Å². The third-order valence-electron chi connectivity index (χ3n) is 6.06. The highest BCUT2D eigenvalue weighted by Gasteiger charge is 2.33. The minimum atomic E-state index is -0.791. The minimum Gasteiger partial charge on any atom is -0.492 e. The van der Waals surface area contributed by atoms with Crippen molar-refractivity contribution in [1.29, 1.82) is 0 Å². The van der Waals surface area contributed by atoms with E-state index >= 15 is 0 Å². The van der Waals surface area contributed by atoms with Gasteiger partial charge in [0.25, 0.3) is 0 Å². The number of rotatable bonds is 6. The normalized spacial score (nSPS) is 18.3. The third-order valence-corrected chi connectivity index (χ3v) is 7.17. The Morgan fingerprint density at radius 1 is 1.38 bits per heavy atom. The van der Waals surface area contributed by atoms with Gasteiger partial charge in [-0.05, 0) is 38.5 Å². The standard InChI is InChI=1S/C23H28N6O2S/c1-14(2)29-21(25-13-26-29)22-27-20-17-5-4-15(8-18(17)31-7-6-19(20)32-22)16-9-28(10-16)11-23(3,24)12-30/h4-5,8,12-14,16H,6-7,9-11,24H2,1-3H3. The number of hydrogen-bond acceptors (Lipinski definition) is 8. The number of nitrogens with two attached hydrogens (primary N) is 1. The molecule has 168 valence electrons. The smallest absolute Gasteiger partial charge is 0.187 e. The van der Waals surface area contributed by atoms with Crippen molar-refractivity contribution in [2.24, 2.45) is 5.73 Å². The molecule has 0 bridgehead atoms. The molecule has 8 nitrogen and oxygen atoms in total. The SMILES string of the molecule is CC(C)n1ncnc1-c1nc2c(s1)CCOc1cc(C3CN(CC(C)(N)C=O)C3)ccc1-2. The molecule has 0 spiro atoms. The summed E-state index contributed by atoms with van der Waals surface area (Å²) in [5.41, 5.74) is 8.47. The highest BCUT2D eigenvalue weighted by molar-refractivity contribution is 7.15. The van der Waals surface area contributed by atoms with E-state index in [0.717, 1.165) is 53.6 Å². The summed E-state index contributed by atoms with van der Waals surface area (Å²) in [6.07, 6.45) is 3.25. The van der Waals surface area contributed by atoms with Crippen molar-refractivity contribution in [3.05, 3.63) is 35.0 Å². The number of aromatic nitrogens is 4. The van der Waals surface area contributed by atoms with Crippen molar-refractivity contribution >= 4 is 17.6 Å². The Labute approximate surface area is 191 Å². The highest BCUT2D eigenvalue weighted by atomic mass is 32.1. The van der Waals surface area contributed by atoms with Gasteiger partial charge in [0.15, 0.2) is 10.8 Å². The van der Waals surface area contributed by atoms with Crippen molar-refractivity contribution in [1.82, 2.24) is 24.6 Å².